The molecule has 1 atom stereocenters. The Labute approximate surface area is 199 Å². The summed E-state index contributed by atoms with van der Waals surface area (Å²) in [4.78, 5) is 24.8. The van der Waals surface area contributed by atoms with Crippen LogP contribution in [0.4, 0.5) is 0 Å². The first-order chi connectivity index (χ1) is 16.1. The summed E-state index contributed by atoms with van der Waals surface area (Å²) in [7, 11) is 0. The van der Waals surface area contributed by atoms with Crippen LogP contribution in [0.25, 0.3) is 16.9 Å². The van der Waals surface area contributed by atoms with E-state index in [1.165, 1.54) is 19.3 Å². The number of benzene rings is 1. The van der Waals surface area contributed by atoms with E-state index in [-0.39, 0.29) is 17.5 Å². The van der Waals surface area contributed by atoms with Gasteiger partial charge in [-0.2, -0.15) is 0 Å². The van der Waals surface area contributed by atoms with Crippen LogP contribution in [0.15, 0.2) is 42.9 Å². The largest absolute Gasteiger partial charge is 0.350 e. The summed E-state index contributed by atoms with van der Waals surface area (Å²) in [5.74, 6) is 0.393. The van der Waals surface area contributed by atoms with Gasteiger partial charge < -0.3 is 11.1 Å². The van der Waals surface area contributed by atoms with Crippen LogP contribution in [0, 0.1) is 0 Å². The second kappa shape index (κ2) is 9.41. The van der Waals surface area contributed by atoms with E-state index in [0.29, 0.717) is 23.1 Å². The molecule has 7 nitrogen and oxygen atoms in total. The maximum Gasteiger partial charge on any atom is 0.253 e. The number of piperidine rings is 1. The van der Waals surface area contributed by atoms with Gasteiger partial charge in [0, 0.05) is 48.6 Å². The average molecular weight is 467 g/mol. The zero-order valence-electron chi connectivity index (χ0n) is 18.8. The molecule has 0 radical (unpaired) electrons. The highest BCUT2D eigenvalue weighted by Gasteiger charge is 2.40. The van der Waals surface area contributed by atoms with Crippen LogP contribution in [0.1, 0.15) is 55.3 Å². The highest BCUT2D eigenvalue weighted by atomic mass is 35.5. The lowest BCUT2D eigenvalue weighted by atomic mass is 9.78. The number of hydrogen-bond acceptors (Lipinski definition) is 5. The number of likely N-dealkylation sites (tertiary alicyclic amines) is 1. The van der Waals surface area contributed by atoms with Gasteiger partial charge in [0.05, 0.1) is 16.1 Å². The lowest BCUT2D eigenvalue weighted by Gasteiger charge is -2.49. The van der Waals surface area contributed by atoms with Crippen molar-refractivity contribution in [1.29, 1.82) is 0 Å². The number of halogens is 1. The highest BCUT2D eigenvalue weighted by molar-refractivity contribution is 6.37. The number of amides is 1. The standard InChI is InChI=1S/C25H31ClN6O/c26-20-8-4-9-21-22(20)19(16-32(21)24-28-12-6-13-29-24)23(33)30-17-25(10-2-1-3-11-25)31-14-5-7-18(27)15-31/h4,6,8-9,12-13,16,18H,1-3,5,7,10-11,14-15,17,27H2,(H,30,33)/t18-/m1/s1. The molecule has 1 aliphatic carbocycles. The lowest BCUT2D eigenvalue weighted by Crippen LogP contribution is -2.61. The Hall–Kier alpha value is -2.48. The summed E-state index contributed by atoms with van der Waals surface area (Å²) < 4.78 is 1.83. The summed E-state index contributed by atoms with van der Waals surface area (Å²) in [6.07, 6.45) is 13.2. The molecule has 0 spiro atoms. The molecular formula is C25H31ClN6O. The van der Waals surface area contributed by atoms with Crippen LogP contribution in [-0.2, 0) is 0 Å². The molecule has 3 heterocycles. The number of carbonyl (C=O) groups is 1. The van der Waals surface area contributed by atoms with Crippen molar-refractivity contribution in [2.45, 2.75) is 56.5 Å². The summed E-state index contributed by atoms with van der Waals surface area (Å²) in [6.45, 7) is 2.59. The van der Waals surface area contributed by atoms with Gasteiger partial charge >= 0.3 is 0 Å². The minimum Gasteiger partial charge on any atom is -0.350 e. The minimum atomic E-state index is -0.117. The summed E-state index contributed by atoms with van der Waals surface area (Å²) in [5, 5.41) is 4.54. The van der Waals surface area contributed by atoms with Gasteiger partial charge in [-0.05, 0) is 50.4 Å². The minimum absolute atomic E-state index is 0.0172. The zero-order chi connectivity index (χ0) is 22.8. The fourth-order valence-electron chi connectivity index (χ4n) is 5.59. The van der Waals surface area contributed by atoms with Crippen molar-refractivity contribution in [3.63, 3.8) is 0 Å². The Bertz CT molecular complexity index is 1120. The van der Waals surface area contributed by atoms with Gasteiger partial charge in [0.1, 0.15) is 0 Å². The summed E-state index contributed by atoms with van der Waals surface area (Å²) in [5.41, 5.74) is 7.66. The fraction of sp³-hybridized carbons (Fsp3) is 0.480. The number of rotatable bonds is 5. The maximum absolute atomic E-state index is 13.5. The van der Waals surface area contributed by atoms with Crippen molar-refractivity contribution in [3.8, 4) is 5.95 Å². The van der Waals surface area contributed by atoms with Crippen LogP contribution in [-0.4, -0.2) is 56.6 Å². The van der Waals surface area contributed by atoms with Crippen molar-refractivity contribution in [3.05, 3.63) is 53.4 Å². The number of fused-ring (bicyclic) bond motifs is 1. The Morgan fingerprint density at radius 1 is 1.15 bits per heavy atom. The van der Waals surface area contributed by atoms with Gasteiger partial charge in [-0.3, -0.25) is 14.3 Å². The molecule has 33 heavy (non-hydrogen) atoms. The van der Waals surface area contributed by atoms with Crippen molar-refractivity contribution in [2.75, 3.05) is 19.6 Å². The van der Waals surface area contributed by atoms with E-state index in [0.717, 1.165) is 49.7 Å². The first-order valence-corrected chi connectivity index (χ1v) is 12.3. The zero-order valence-corrected chi connectivity index (χ0v) is 19.6. The predicted octanol–water partition coefficient (Wildman–Crippen LogP) is 3.93. The van der Waals surface area contributed by atoms with Crippen LogP contribution >= 0.6 is 11.6 Å². The lowest BCUT2D eigenvalue weighted by molar-refractivity contribution is 0.0269. The summed E-state index contributed by atoms with van der Waals surface area (Å²) in [6, 6.07) is 7.62. The van der Waals surface area contributed by atoms with E-state index in [1.807, 2.05) is 22.8 Å². The topological polar surface area (TPSA) is 89.1 Å². The monoisotopic (exact) mass is 466 g/mol. The average Bonchev–Trinajstić information content (AvgIpc) is 3.25. The SMILES string of the molecule is N[C@@H]1CCCN(C2(CNC(=O)c3cn(-c4ncccn4)c4cccc(Cl)c34)CCCCC2)C1. The predicted molar refractivity (Wildman–Crippen MR) is 131 cm³/mol. The van der Waals surface area contributed by atoms with Gasteiger partial charge in [-0.1, -0.05) is 36.9 Å². The molecule has 8 heteroatoms. The molecule has 2 aromatic heterocycles. The van der Waals surface area contributed by atoms with Gasteiger partial charge in [0.2, 0.25) is 5.95 Å². The Morgan fingerprint density at radius 2 is 1.94 bits per heavy atom. The molecular weight excluding hydrogens is 436 g/mol. The van der Waals surface area contributed by atoms with E-state index >= 15 is 0 Å². The van der Waals surface area contributed by atoms with Gasteiger partial charge in [-0.15, -0.1) is 0 Å². The van der Waals surface area contributed by atoms with Crippen LogP contribution in [0.5, 0.6) is 0 Å². The number of nitrogens with zero attached hydrogens (tertiary/aromatic N) is 4. The molecule has 2 fully saturated rings. The third-order valence-electron chi connectivity index (χ3n) is 7.28. The van der Waals surface area contributed by atoms with E-state index < -0.39 is 0 Å². The van der Waals surface area contributed by atoms with Gasteiger partial charge in [0.15, 0.2) is 0 Å². The third-order valence-corrected chi connectivity index (χ3v) is 7.60. The van der Waals surface area contributed by atoms with Crippen molar-refractivity contribution in [1.82, 2.24) is 24.8 Å². The molecule has 3 N–H and O–H groups in total. The number of nitrogens with one attached hydrogen (secondary N) is 1. The molecule has 2 aliphatic rings. The number of carbonyl (C=O) groups excluding carboxylic acids is 1. The molecule has 1 aliphatic heterocycles. The Kier molecular flexibility index (Phi) is 6.36. The molecule has 1 amide bonds. The van der Waals surface area contributed by atoms with Crippen LogP contribution < -0.4 is 11.1 Å². The fourth-order valence-corrected chi connectivity index (χ4v) is 5.86. The first kappa shape index (κ1) is 22.3. The van der Waals surface area contributed by atoms with Crippen LogP contribution in [0.3, 0.4) is 0 Å². The smallest absolute Gasteiger partial charge is 0.253 e. The molecule has 5 rings (SSSR count). The third kappa shape index (κ3) is 4.37. The normalized spacial score (nSPS) is 21.2. The molecule has 174 valence electrons. The molecule has 0 bridgehead atoms. The number of aromatic nitrogens is 3. The quantitative estimate of drug-likeness (QED) is 0.594. The van der Waals surface area contributed by atoms with E-state index in [2.05, 4.69) is 20.2 Å². The Balaban J connectivity index is 1.44. The van der Waals surface area contributed by atoms with Gasteiger partial charge in [-0.25, -0.2) is 9.97 Å². The second-order valence-corrected chi connectivity index (χ2v) is 9.82. The van der Waals surface area contributed by atoms with Crippen molar-refractivity contribution >= 4 is 28.4 Å². The number of nitrogens with two attached hydrogens (primary N) is 1. The van der Waals surface area contributed by atoms with E-state index in [1.54, 1.807) is 24.7 Å². The molecule has 1 saturated carbocycles. The Morgan fingerprint density at radius 3 is 2.70 bits per heavy atom. The van der Waals surface area contributed by atoms with Gasteiger partial charge in [0.25, 0.3) is 5.91 Å². The van der Waals surface area contributed by atoms with E-state index in [4.69, 9.17) is 17.3 Å². The van der Waals surface area contributed by atoms with Crippen molar-refractivity contribution < 1.29 is 4.79 Å². The van der Waals surface area contributed by atoms with Crippen LogP contribution in [0.2, 0.25) is 5.02 Å². The second-order valence-electron chi connectivity index (χ2n) is 9.41. The maximum atomic E-state index is 13.5. The molecule has 1 saturated heterocycles. The molecule has 1 aromatic carbocycles. The number of hydrogen-bond donors (Lipinski definition) is 2. The summed E-state index contributed by atoms with van der Waals surface area (Å²) >= 11 is 6.56. The molecule has 3 aromatic rings. The first-order valence-electron chi connectivity index (χ1n) is 11.9. The van der Waals surface area contributed by atoms with E-state index in [9.17, 15) is 4.79 Å². The highest BCUT2D eigenvalue weighted by Crippen LogP contribution is 2.35. The molecule has 0 unspecified atom stereocenters. The van der Waals surface area contributed by atoms with Crippen molar-refractivity contribution in [2.24, 2.45) is 5.73 Å².